The summed E-state index contributed by atoms with van der Waals surface area (Å²) in [5.74, 6) is 0.277. The van der Waals surface area contributed by atoms with E-state index >= 15 is 0 Å². The summed E-state index contributed by atoms with van der Waals surface area (Å²) in [6.45, 7) is 1.84. The quantitative estimate of drug-likeness (QED) is 0.642. The third-order valence-electron chi connectivity index (χ3n) is 6.38. The minimum atomic E-state index is -0.922. The number of amides is 1. The Hall–Kier alpha value is -3.38. The van der Waals surface area contributed by atoms with E-state index in [4.69, 9.17) is 9.15 Å². The molecule has 3 aromatic rings. The van der Waals surface area contributed by atoms with Crippen LogP contribution in [-0.4, -0.2) is 28.2 Å². The molecule has 1 amide bonds. The first kappa shape index (κ1) is 20.5. The van der Waals surface area contributed by atoms with Gasteiger partial charge in [0, 0.05) is 11.6 Å². The number of hydrogen-bond acceptors (Lipinski definition) is 5. The monoisotopic (exact) mass is 431 g/mol. The molecule has 1 aromatic heterocycles. The number of benzene rings is 2. The Morgan fingerprint density at radius 3 is 2.56 bits per heavy atom. The van der Waals surface area contributed by atoms with Crippen LogP contribution in [0.25, 0.3) is 16.3 Å². The van der Waals surface area contributed by atoms with Crippen LogP contribution in [0.4, 0.5) is 4.79 Å². The summed E-state index contributed by atoms with van der Waals surface area (Å²) in [5, 5.41) is 11.6. The van der Waals surface area contributed by atoms with E-state index in [-0.39, 0.29) is 30.5 Å². The van der Waals surface area contributed by atoms with Crippen molar-refractivity contribution in [2.75, 3.05) is 0 Å². The lowest BCUT2D eigenvalue weighted by Crippen LogP contribution is -2.43. The number of hydrogen-bond donors (Lipinski definition) is 1. The lowest BCUT2D eigenvalue weighted by atomic mass is 9.90. The lowest BCUT2D eigenvalue weighted by Gasteiger charge is -2.34. The molecule has 3 atom stereocenters. The van der Waals surface area contributed by atoms with Crippen LogP contribution in [0.1, 0.15) is 49.2 Å². The summed E-state index contributed by atoms with van der Waals surface area (Å²) in [4.78, 5) is 27.2. The van der Waals surface area contributed by atoms with Crippen LogP contribution in [-0.2, 0) is 11.3 Å². The fourth-order valence-corrected chi connectivity index (χ4v) is 4.94. The summed E-state index contributed by atoms with van der Waals surface area (Å²) in [5.41, 5.74) is 2.27. The number of rotatable bonds is 4. The van der Waals surface area contributed by atoms with E-state index < -0.39 is 11.7 Å². The van der Waals surface area contributed by atoms with Crippen LogP contribution in [0.5, 0.6) is 0 Å². The Morgan fingerprint density at radius 2 is 1.84 bits per heavy atom. The largest absolute Gasteiger partial charge is 0.445 e. The van der Waals surface area contributed by atoms with Gasteiger partial charge in [-0.05, 0) is 48.8 Å². The van der Waals surface area contributed by atoms with Crippen LogP contribution in [0, 0.1) is 0 Å². The van der Waals surface area contributed by atoms with Gasteiger partial charge in [0.05, 0.1) is 11.4 Å². The maximum Gasteiger partial charge on any atom is 0.410 e. The minimum Gasteiger partial charge on any atom is -0.445 e. The predicted octanol–water partition coefficient (Wildman–Crippen LogP) is 4.80. The van der Waals surface area contributed by atoms with Crippen molar-refractivity contribution in [1.29, 1.82) is 0 Å². The van der Waals surface area contributed by atoms with Crippen LogP contribution in [0.3, 0.4) is 0 Å². The molecule has 2 aliphatic rings. The first-order valence-corrected chi connectivity index (χ1v) is 11.0. The zero-order valence-electron chi connectivity index (χ0n) is 17.9. The average molecular weight is 431 g/mol. The lowest BCUT2D eigenvalue weighted by molar-refractivity contribution is 0.0832. The minimum absolute atomic E-state index is 0.0100. The van der Waals surface area contributed by atoms with Crippen molar-refractivity contribution >= 4 is 22.4 Å². The molecule has 6 heteroatoms. The third-order valence-corrected chi connectivity index (χ3v) is 6.38. The van der Waals surface area contributed by atoms with Gasteiger partial charge in [0.1, 0.15) is 18.5 Å². The number of aliphatic hydroxyl groups excluding tert-OH is 1. The molecule has 0 spiro atoms. The topological polar surface area (TPSA) is 80.0 Å². The average Bonchev–Trinajstić information content (AvgIpc) is 3.07. The van der Waals surface area contributed by atoms with Crippen molar-refractivity contribution in [2.24, 2.45) is 0 Å². The number of nitrogens with zero attached hydrogens (tertiary/aromatic N) is 1. The molecule has 2 bridgehead atoms. The second kappa shape index (κ2) is 8.28. The van der Waals surface area contributed by atoms with E-state index in [0.717, 1.165) is 34.9 Å². The van der Waals surface area contributed by atoms with Crippen molar-refractivity contribution in [3.63, 3.8) is 0 Å². The van der Waals surface area contributed by atoms with E-state index in [1.165, 1.54) is 0 Å². The molecule has 1 N–H and O–H groups in total. The van der Waals surface area contributed by atoms with Crippen molar-refractivity contribution in [2.45, 2.75) is 51.0 Å². The standard InChI is InChI=1S/C26H25NO5/c1-16(28)24-23(21-9-5-6-10-22(21)25(29)32-24)18-13-19-11-12-20(14-18)27(19)26(30)31-15-17-7-3-2-4-8-17/h2-10,13,16,19-20,28H,11-12,14-15H2,1H3. The molecule has 3 heterocycles. The number of ether oxygens (including phenoxy) is 1. The number of aliphatic hydroxyl groups is 1. The van der Waals surface area contributed by atoms with Crippen molar-refractivity contribution in [1.82, 2.24) is 4.90 Å². The number of fused-ring (bicyclic) bond motifs is 3. The van der Waals surface area contributed by atoms with Gasteiger partial charge in [-0.15, -0.1) is 0 Å². The molecule has 2 aromatic carbocycles. The van der Waals surface area contributed by atoms with Gasteiger partial charge in [0.25, 0.3) is 0 Å². The highest BCUT2D eigenvalue weighted by Gasteiger charge is 2.41. The van der Waals surface area contributed by atoms with Crippen LogP contribution >= 0.6 is 0 Å². The molecule has 1 fully saturated rings. The Bertz CT molecular complexity index is 1240. The molecule has 0 saturated carbocycles. The normalized spacial score (nSPS) is 20.8. The van der Waals surface area contributed by atoms with Gasteiger partial charge in [-0.3, -0.25) is 4.90 Å². The van der Waals surface area contributed by atoms with E-state index in [1.54, 1.807) is 19.1 Å². The summed E-state index contributed by atoms with van der Waals surface area (Å²) in [7, 11) is 0. The molecular formula is C26H25NO5. The fraction of sp³-hybridized carbons (Fsp3) is 0.308. The SMILES string of the molecule is CC(O)c1oc(=O)c2ccccc2c1C1=CC2CCC(C1)N2C(=O)OCc1ccccc1. The van der Waals surface area contributed by atoms with Gasteiger partial charge in [0.15, 0.2) is 0 Å². The van der Waals surface area contributed by atoms with E-state index in [1.807, 2.05) is 47.4 Å². The molecule has 3 unspecified atom stereocenters. The second-order valence-electron chi connectivity index (χ2n) is 8.49. The van der Waals surface area contributed by atoms with Crippen molar-refractivity contribution < 1.29 is 19.1 Å². The van der Waals surface area contributed by atoms with Gasteiger partial charge in [0.2, 0.25) is 0 Å². The summed E-state index contributed by atoms with van der Waals surface area (Å²) in [6, 6.07) is 16.9. The second-order valence-corrected chi connectivity index (χ2v) is 8.49. The summed E-state index contributed by atoms with van der Waals surface area (Å²) in [6.07, 6.45) is 3.19. The number of carbonyl (C=O) groups excluding carboxylic acids is 1. The first-order chi connectivity index (χ1) is 15.5. The zero-order valence-corrected chi connectivity index (χ0v) is 17.9. The molecular weight excluding hydrogens is 406 g/mol. The van der Waals surface area contributed by atoms with Gasteiger partial charge in [-0.2, -0.15) is 0 Å². The smallest absolute Gasteiger partial charge is 0.410 e. The molecule has 164 valence electrons. The highest BCUT2D eigenvalue weighted by Crippen LogP contribution is 2.42. The Balaban J connectivity index is 1.47. The maximum absolute atomic E-state index is 12.9. The molecule has 32 heavy (non-hydrogen) atoms. The van der Waals surface area contributed by atoms with E-state index in [2.05, 4.69) is 6.08 Å². The highest BCUT2D eigenvalue weighted by atomic mass is 16.6. The summed E-state index contributed by atoms with van der Waals surface area (Å²) < 4.78 is 11.1. The van der Waals surface area contributed by atoms with Gasteiger partial charge >= 0.3 is 11.7 Å². The summed E-state index contributed by atoms with van der Waals surface area (Å²) >= 11 is 0. The Morgan fingerprint density at radius 1 is 1.12 bits per heavy atom. The predicted molar refractivity (Wildman–Crippen MR) is 121 cm³/mol. The van der Waals surface area contributed by atoms with Crippen LogP contribution in [0.15, 0.2) is 69.9 Å². The zero-order chi connectivity index (χ0) is 22.2. The molecule has 6 nitrogen and oxygen atoms in total. The van der Waals surface area contributed by atoms with Crippen molar-refractivity contribution in [3.05, 3.63) is 88.0 Å². The Labute approximate surface area is 185 Å². The molecule has 2 aliphatic heterocycles. The number of carbonyl (C=O) groups is 1. The molecule has 0 radical (unpaired) electrons. The molecule has 0 aliphatic carbocycles. The maximum atomic E-state index is 12.9. The van der Waals surface area contributed by atoms with Crippen LogP contribution < -0.4 is 5.63 Å². The third kappa shape index (κ3) is 3.60. The first-order valence-electron chi connectivity index (χ1n) is 11.0. The van der Waals surface area contributed by atoms with Gasteiger partial charge in [-0.25, -0.2) is 9.59 Å². The Kier molecular flexibility index (Phi) is 5.31. The highest BCUT2D eigenvalue weighted by molar-refractivity contribution is 5.94. The molecule has 5 rings (SSSR count). The van der Waals surface area contributed by atoms with Gasteiger partial charge in [-0.1, -0.05) is 54.6 Å². The van der Waals surface area contributed by atoms with E-state index in [0.29, 0.717) is 11.8 Å². The van der Waals surface area contributed by atoms with Crippen molar-refractivity contribution in [3.8, 4) is 0 Å². The van der Waals surface area contributed by atoms with E-state index in [9.17, 15) is 14.7 Å². The van der Waals surface area contributed by atoms with Gasteiger partial charge < -0.3 is 14.3 Å². The fourth-order valence-electron chi connectivity index (χ4n) is 4.94. The van der Waals surface area contributed by atoms with Crippen LogP contribution in [0.2, 0.25) is 0 Å². The molecule has 1 saturated heterocycles.